The molecule has 5 rings (SSSR count). The van der Waals surface area contributed by atoms with Crippen molar-refractivity contribution in [2.24, 2.45) is 10.8 Å². The van der Waals surface area contributed by atoms with Crippen molar-refractivity contribution in [1.29, 1.82) is 0 Å². The molecule has 1 atom stereocenters. The number of hydrogen-bond acceptors (Lipinski definition) is 3. The summed E-state index contributed by atoms with van der Waals surface area (Å²) in [6.45, 7) is 11.8. The molecule has 2 aliphatic rings. The first kappa shape index (κ1) is 25.2. The minimum atomic E-state index is -0.928. The maximum atomic E-state index is 13.7. The van der Waals surface area contributed by atoms with Crippen LogP contribution in [0.1, 0.15) is 64.6 Å². The van der Waals surface area contributed by atoms with E-state index in [1.165, 1.54) is 11.1 Å². The highest BCUT2D eigenvalue weighted by Gasteiger charge is 2.46. The topological polar surface area (TPSA) is 70.5 Å². The van der Waals surface area contributed by atoms with Crippen LogP contribution in [0.4, 0.5) is 0 Å². The maximum Gasteiger partial charge on any atom is 0.335 e. The van der Waals surface area contributed by atoms with E-state index in [9.17, 15) is 14.7 Å². The number of halogens is 1. The van der Waals surface area contributed by atoms with E-state index in [1.54, 1.807) is 12.1 Å². The van der Waals surface area contributed by atoms with Crippen molar-refractivity contribution in [3.8, 4) is 0 Å². The average Bonchev–Trinajstić information content (AvgIpc) is 2.82. The lowest BCUT2D eigenvalue weighted by Crippen LogP contribution is -2.48. The minimum absolute atomic E-state index is 0.104. The van der Waals surface area contributed by atoms with Gasteiger partial charge in [0.1, 0.15) is 5.15 Å². The molecule has 2 aromatic carbocycles. The normalized spacial score (nSPS) is 20.8. The molecule has 0 bridgehead atoms. The Bertz CT molecular complexity index is 1520. The molecule has 0 saturated heterocycles. The Hall–Kier alpha value is -3.44. The number of carbonyl (C=O) groups excluding carboxylic acids is 1. The lowest BCUT2D eigenvalue weighted by Gasteiger charge is -2.50. The van der Waals surface area contributed by atoms with Gasteiger partial charge in [-0.2, -0.15) is 0 Å². The van der Waals surface area contributed by atoms with Gasteiger partial charge in [-0.3, -0.25) is 4.79 Å². The van der Waals surface area contributed by atoms with Gasteiger partial charge in [-0.1, -0.05) is 68.3 Å². The van der Waals surface area contributed by atoms with E-state index in [0.717, 1.165) is 34.0 Å². The van der Waals surface area contributed by atoms with Crippen molar-refractivity contribution in [2.75, 3.05) is 13.1 Å². The number of rotatable bonds is 3. The van der Waals surface area contributed by atoms with E-state index in [2.05, 4.69) is 44.0 Å². The molecule has 1 aliphatic heterocycles. The number of aromatic carboxylic acids is 1. The van der Waals surface area contributed by atoms with Crippen LogP contribution in [0.5, 0.6) is 0 Å². The number of hydrogen-bond donors (Lipinski definition) is 1. The molecule has 1 aliphatic carbocycles. The van der Waals surface area contributed by atoms with Gasteiger partial charge in [0, 0.05) is 29.3 Å². The number of allylic oxidation sites excluding steroid dienone is 2. The molecule has 0 saturated carbocycles. The zero-order chi connectivity index (χ0) is 26.7. The van der Waals surface area contributed by atoms with Crippen molar-refractivity contribution in [2.45, 2.75) is 41.0 Å². The fourth-order valence-corrected chi connectivity index (χ4v) is 6.51. The molecule has 0 unspecified atom stereocenters. The van der Waals surface area contributed by atoms with Gasteiger partial charge < -0.3 is 10.0 Å². The first-order chi connectivity index (χ1) is 17.4. The van der Waals surface area contributed by atoms with Crippen LogP contribution >= 0.6 is 11.6 Å². The Kier molecular flexibility index (Phi) is 6.03. The highest BCUT2D eigenvalue weighted by atomic mass is 35.5. The summed E-state index contributed by atoms with van der Waals surface area (Å²) in [4.78, 5) is 31.4. The van der Waals surface area contributed by atoms with Gasteiger partial charge in [-0.25, -0.2) is 9.78 Å². The van der Waals surface area contributed by atoms with Crippen LogP contribution in [0.15, 0.2) is 60.2 Å². The monoisotopic (exact) mass is 514 g/mol. The summed E-state index contributed by atoms with van der Waals surface area (Å²) in [5.41, 5.74) is 6.73. The predicted molar refractivity (Wildman–Crippen MR) is 148 cm³/mol. The van der Waals surface area contributed by atoms with Crippen LogP contribution in [0.3, 0.4) is 0 Å². The van der Waals surface area contributed by atoms with Gasteiger partial charge >= 0.3 is 5.97 Å². The van der Waals surface area contributed by atoms with Gasteiger partial charge in [-0.15, -0.1) is 0 Å². The highest BCUT2D eigenvalue weighted by Crippen LogP contribution is 2.55. The number of fused-ring (bicyclic) bond motifs is 2. The predicted octanol–water partition coefficient (Wildman–Crippen LogP) is 7.11. The number of benzene rings is 2. The van der Waals surface area contributed by atoms with Gasteiger partial charge in [0.2, 0.25) is 0 Å². The van der Waals surface area contributed by atoms with Crippen LogP contribution in [0.25, 0.3) is 16.5 Å². The third-order valence-electron chi connectivity index (χ3n) is 8.01. The summed E-state index contributed by atoms with van der Waals surface area (Å²) in [7, 11) is 0. The van der Waals surface area contributed by atoms with Crippen LogP contribution < -0.4 is 0 Å². The summed E-state index contributed by atoms with van der Waals surface area (Å²) in [5.74, 6) is -1.03. The Balaban J connectivity index is 1.45. The summed E-state index contributed by atoms with van der Waals surface area (Å²) < 4.78 is 0. The summed E-state index contributed by atoms with van der Waals surface area (Å²) in [6, 6.07) is 13.0. The molecule has 5 nitrogen and oxygen atoms in total. The first-order valence-corrected chi connectivity index (χ1v) is 12.9. The number of aryl methyl sites for hydroxylation is 2. The minimum Gasteiger partial charge on any atom is -0.478 e. The molecule has 6 heteroatoms. The van der Waals surface area contributed by atoms with E-state index < -0.39 is 5.97 Å². The van der Waals surface area contributed by atoms with Crippen molar-refractivity contribution in [3.05, 3.63) is 93.2 Å². The Morgan fingerprint density at radius 3 is 2.41 bits per heavy atom. The fraction of sp³-hybridized carbons (Fsp3) is 0.323. The smallest absolute Gasteiger partial charge is 0.335 e. The van der Waals surface area contributed by atoms with Gasteiger partial charge in [0.15, 0.2) is 0 Å². The lowest BCUT2D eigenvalue weighted by atomic mass is 9.58. The Morgan fingerprint density at radius 2 is 1.73 bits per heavy atom. The molecule has 2 heterocycles. The molecule has 1 aromatic heterocycles. The average molecular weight is 515 g/mol. The van der Waals surface area contributed by atoms with Crippen molar-refractivity contribution in [3.63, 3.8) is 0 Å². The number of amides is 1. The molecule has 0 fully saturated rings. The molecular weight excluding hydrogens is 484 g/mol. The number of carboxylic acid groups (broad SMARTS) is 1. The van der Waals surface area contributed by atoms with Crippen LogP contribution in [0.2, 0.25) is 5.15 Å². The van der Waals surface area contributed by atoms with Crippen LogP contribution in [-0.4, -0.2) is 40.0 Å². The Labute approximate surface area is 222 Å². The second-order valence-corrected chi connectivity index (χ2v) is 11.5. The number of carbonyl (C=O) groups is 2. The molecule has 0 radical (unpaired) electrons. The quantitative estimate of drug-likeness (QED) is 0.299. The van der Waals surface area contributed by atoms with E-state index >= 15 is 0 Å². The second-order valence-electron chi connectivity index (χ2n) is 11.2. The van der Waals surface area contributed by atoms with Crippen molar-refractivity contribution in [1.82, 2.24) is 9.88 Å². The largest absolute Gasteiger partial charge is 0.478 e. The first-order valence-electron chi connectivity index (χ1n) is 12.5. The molecule has 37 heavy (non-hydrogen) atoms. The van der Waals surface area contributed by atoms with Crippen LogP contribution in [0, 0.1) is 24.7 Å². The number of aromatic nitrogens is 1. The summed E-state index contributed by atoms with van der Waals surface area (Å²) in [5, 5.41) is 10.4. The molecule has 3 aromatic rings. The highest BCUT2D eigenvalue weighted by molar-refractivity contribution is 6.33. The third-order valence-corrected chi connectivity index (χ3v) is 8.30. The van der Waals surface area contributed by atoms with Gasteiger partial charge in [0.25, 0.3) is 5.91 Å². The zero-order valence-corrected chi connectivity index (χ0v) is 22.6. The van der Waals surface area contributed by atoms with Crippen LogP contribution in [-0.2, 0) is 0 Å². The summed E-state index contributed by atoms with van der Waals surface area (Å²) >= 11 is 6.54. The second kappa shape index (κ2) is 8.84. The van der Waals surface area contributed by atoms with E-state index in [4.69, 9.17) is 11.6 Å². The number of pyridine rings is 1. The van der Waals surface area contributed by atoms with Crippen molar-refractivity contribution < 1.29 is 14.7 Å². The van der Waals surface area contributed by atoms with Crippen molar-refractivity contribution >= 4 is 40.0 Å². The molecule has 1 amide bonds. The fourth-order valence-electron chi connectivity index (χ4n) is 6.28. The lowest BCUT2D eigenvalue weighted by molar-refractivity contribution is 0.0678. The maximum absolute atomic E-state index is 13.7. The third kappa shape index (κ3) is 4.25. The Morgan fingerprint density at radius 1 is 1.03 bits per heavy atom. The molecular formula is C31H31ClN2O3. The number of nitrogens with zero attached hydrogens (tertiary/aromatic N) is 2. The molecule has 0 spiro atoms. The van der Waals surface area contributed by atoms with E-state index in [0.29, 0.717) is 18.7 Å². The molecule has 1 N–H and O–H groups in total. The molecule has 190 valence electrons. The van der Waals surface area contributed by atoms with E-state index in [-0.39, 0.29) is 27.5 Å². The number of carboxylic acids is 1. The standard InChI is InChI=1S/C31H31ClN2O3/c1-18-14-19(2)22-16-23(27(32)33-25(22)15-18)28(35)34-13-11-26-30(3,4)24(10-12-31(26,5)17-34)20-6-8-21(9-7-20)29(36)37/h6-11,14-16H,12-13,17H2,1-5H3,(H,36,37)/t31-/m1/s1. The van der Waals surface area contributed by atoms with Gasteiger partial charge in [-0.05, 0) is 66.8 Å². The zero-order valence-electron chi connectivity index (χ0n) is 21.9. The SMILES string of the molecule is Cc1cc(C)c2cc(C(=O)N3CC=C4C(C)(C)C(c5ccc(C(=O)O)cc5)=CC[C@]4(C)C3)c(Cl)nc2c1. The summed E-state index contributed by atoms with van der Waals surface area (Å²) in [6.07, 6.45) is 5.22. The van der Waals surface area contributed by atoms with Gasteiger partial charge in [0.05, 0.1) is 16.6 Å². The van der Waals surface area contributed by atoms with E-state index in [1.807, 2.05) is 43.0 Å².